The number of thioether (sulfide) groups is 1. The molecular weight excluding hydrogens is 378 g/mol. The van der Waals surface area contributed by atoms with Crippen LogP contribution in [0.15, 0.2) is 34.1 Å². The number of carbonyl (C=O) groups excluding carboxylic acids is 3. The summed E-state index contributed by atoms with van der Waals surface area (Å²) >= 11 is 2.00. The third-order valence-electron chi connectivity index (χ3n) is 4.15. The van der Waals surface area contributed by atoms with Crippen LogP contribution in [0.3, 0.4) is 0 Å². The number of hydrogen-bond acceptors (Lipinski definition) is 7. The fourth-order valence-electron chi connectivity index (χ4n) is 3.01. The van der Waals surface area contributed by atoms with Crippen molar-refractivity contribution in [1.82, 2.24) is 4.98 Å². The summed E-state index contributed by atoms with van der Waals surface area (Å²) in [7, 11) is 1.28. The molecular formula is C16H15N3O5S2. The van der Waals surface area contributed by atoms with E-state index in [-0.39, 0.29) is 4.87 Å². The molecule has 0 radical (unpaired) electrons. The van der Waals surface area contributed by atoms with Crippen molar-refractivity contribution in [2.24, 2.45) is 17.4 Å². The zero-order chi connectivity index (χ0) is 19.0. The number of esters is 1. The minimum Gasteiger partial charge on any atom is -0.465 e. The van der Waals surface area contributed by atoms with Crippen LogP contribution in [-0.4, -0.2) is 35.1 Å². The summed E-state index contributed by atoms with van der Waals surface area (Å²) < 4.78 is 4.67. The first-order chi connectivity index (χ1) is 12.3. The van der Waals surface area contributed by atoms with Gasteiger partial charge in [-0.1, -0.05) is 35.2 Å². The predicted octanol–water partition coefficient (Wildman–Crippen LogP) is 0.416. The molecule has 2 aromatic rings. The highest BCUT2D eigenvalue weighted by atomic mass is 32.2. The Balaban J connectivity index is 2.14. The molecule has 10 heteroatoms. The molecule has 2 amide bonds. The molecule has 3 atom stereocenters. The Bertz CT molecular complexity index is 934. The Morgan fingerprint density at radius 3 is 2.31 bits per heavy atom. The van der Waals surface area contributed by atoms with Crippen molar-refractivity contribution >= 4 is 40.9 Å². The molecule has 0 fully saturated rings. The lowest BCUT2D eigenvalue weighted by atomic mass is 9.81. The lowest BCUT2D eigenvalue weighted by Gasteiger charge is -2.33. The summed E-state index contributed by atoms with van der Waals surface area (Å²) in [5.74, 6) is -3.40. The molecule has 0 aliphatic carbocycles. The van der Waals surface area contributed by atoms with Crippen molar-refractivity contribution in [1.29, 1.82) is 0 Å². The number of methoxy groups -OCH3 is 1. The second-order valence-corrected chi connectivity index (χ2v) is 7.83. The highest BCUT2D eigenvalue weighted by Crippen LogP contribution is 2.48. The second-order valence-electron chi connectivity index (χ2n) is 5.67. The standard InChI is InChI=1S/C16H15N3O5S2/c1-24-15(22)7-4-2-6(3-5-7)8-9(12(17)20)10(13(18)21)25-14-11(8)26-16(23)19-14/h2-5,8-10H,1H3,(H2,17,20)(H2,18,21)(H,19,23)/t8-,9+,10-/m0/s1. The Morgan fingerprint density at radius 1 is 1.12 bits per heavy atom. The SMILES string of the molecule is COC(=O)c1ccc([C@@H]2c3sc(=O)[nH]c3S[C@H](C(N)=O)[C@@H]2C(N)=O)cc1. The van der Waals surface area contributed by atoms with Gasteiger partial charge in [0, 0.05) is 10.8 Å². The molecule has 0 bridgehead atoms. The van der Waals surface area contributed by atoms with Gasteiger partial charge in [0.25, 0.3) is 0 Å². The maximum absolute atomic E-state index is 12.1. The minimum atomic E-state index is -0.916. The number of thiazole rings is 1. The van der Waals surface area contributed by atoms with Gasteiger partial charge in [-0.2, -0.15) is 0 Å². The van der Waals surface area contributed by atoms with Crippen LogP contribution in [0.4, 0.5) is 0 Å². The Labute approximate surface area is 155 Å². The molecule has 26 heavy (non-hydrogen) atoms. The minimum absolute atomic E-state index is 0.299. The molecule has 5 N–H and O–H groups in total. The number of fused-ring (bicyclic) bond motifs is 1. The molecule has 2 heterocycles. The summed E-state index contributed by atoms with van der Waals surface area (Å²) in [6, 6.07) is 6.40. The smallest absolute Gasteiger partial charge is 0.337 e. The summed E-state index contributed by atoms with van der Waals surface area (Å²) in [4.78, 5) is 50.4. The molecule has 1 aromatic heterocycles. The maximum Gasteiger partial charge on any atom is 0.337 e. The second kappa shape index (κ2) is 6.96. The van der Waals surface area contributed by atoms with Gasteiger partial charge >= 0.3 is 10.8 Å². The maximum atomic E-state index is 12.1. The molecule has 1 aliphatic rings. The largest absolute Gasteiger partial charge is 0.465 e. The van der Waals surface area contributed by atoms with Crippen LogP contribution >= 0.6 is 23.1 Å². The van der Waals surface area contributed by atoms with Crippen molar-refractivity contribution in [3.8, 4) is 0 Å². The van der Waals surface area contributed by atoms with E-state index >= 15 is 0 Å². The molecule has 0 spiro atoms. The molecule has 0 saturated heterocycles. The monoisotopic (exact) mass is 393 g/mol. The first-order valence-electron chi connectivity index (χ1n) is 7.50. The van der Waals surface area contributed by atoms with Crippen molar-refractivity contribution in [2.75, 3.05) is 7.11 Å². The van der Waals surface area contributed by atoms with Gasteiger partial charge in [0.2, 0.25) is 11.8 Å². The van der Waals surface area contributed by atoms with E-state index < -0.39 is 34.9 Å². The predicted molar refractivity (Wildman–Crippen MR) is 96.1 cm³/mol. The number of amides is 2. The number of nitrogens with two attached hydrogens (primary N) is 2. The van der Waals surface area contributed by atoms with E-state index in [1.807, 2.05) is 0 Å². The fraction of sp³-hybridized carbons (Fsp3) is 0.250. The van der Waals surface area contributed by atoms with Crippen molar-refractivity contribution in [2.45, 2.75) is 16.2 Å². The zero-order valence-electron chi connectivity index (χ0n) is 13.6. The van der Waals surface area contributed by atoms with Crippen LogP contribution in [0.1, 0.15) is 26.7 Å². The van der Waals surface area contributed by atoms with Crippen LogP contribution in [0, 0.1) is 5.92 Å². The third kappa shape index (κ3) is 3.13. The van der Waals surface area contributed by atoms with Gasteiger partial charge in [-0.3, -0.25) is 14.4 Å². The van der Waals surface area contributed by atoms with Gasteiger partial charge in [0.05, 0.1) is 23.6 Å². The van der Waals surface area contributed by atoms with Gasteiger partial charge in [-0.05, 0) is 17.7 Å². The number of benzene rings is 1. The summed E-state index contributed by atoms with van der Waals surface area (Å²) in [6.45, 7) is 0. The van der Waals surface area contributed by atoms with Crippen molar-refractivity contribution in [3.05, 3.63) is 49.9 Å². The summed E-state index contributed by atoms with van der Waals surface area (Å²) in [6.07, 6.45) is 0. The molecule has 1 aliphatic heterocycles. The normalized spacial score (nSPS) is 21.7. The van der Waals surface area contributed by atoms with E-state index in [9.17, 15) is 19.2 Å². The van der Waals surface area contributed by atoms with Crippen molar-refractivity contribution < 1.29 is 19.1 Å². The third-order valence-corrected chi connectivity index (χ3v) is 6.59. The van der Waals surface area contributed by atoms with E-state index in [0.29, 0.717) is 21.0 Å². The van der Waals surface area contributed by atoms with E-state index in [4.69, 9.17) is 11.5 Å². The van der Waals surface area contributed by atoms with Crippen LogP contribution in [0.25, 0.3) is 0 Å². The Hall–Kier alpha value is -2.59. The highest BCUT2D eigenvalue weighted by Gasteiger charge is 2.46. The molecule has 1 aromatic carbocycles. The van der Waals surface area contributed by atoms with Crippen LogP contribution in [0.2, 0.25) is 0 Å². The van der Waals surface area contributed by atoms with E-state index in [1.54, 1.807) is 24.3 Å². The van der Waals surface area contributed by atoms with Gasteiger partial charge in [0.15, 0.2) is 0 Å². The van der Waals surface area contributed by atoms with Crippen LogP contribution in [0.5, 0.6) is 0 Å². The van der Waals surface area contributed by atoms with Crippen LogP contribution < -0.4 is 16.3 Å². The number of H-pyrrole nitrogens is 1. The highest BCUT2D eigenvalue weighted by molar-refractivity contribution is 8.00. The summed E-state index contributed by atoms with van der Waals surface area (Å²) in [5.41, 5.74) is 12.0. The zero-order valence-corrected chi connectivity index (χ0v) is 15.2. The Kier molecular flexibility index (Phi) is 4.88. The number of aromatic amines is 1. The quantitative estimate of drug-likeness (QED) is 0.642. The molecule has 0 saturated carbocycles. The topological polar surface area (TPSA) is 145 Å². The average Bonchev–Trinajstić information content (AvgIpc) is 2.99. The lowest BCUT2D eigenvalue weighted by Crippen LogP contribution is -2.45. The number of primary amides is 2. The van der Waals surface area contributed by atoms with Gasteiger partial charge in [-0.25, -0.2) is 4.79 Å². The number of rotatable bonds is 4. The molecule has 3 rings (SSSR count). The molecule has 136 valence electrons. The van der Waals surface area contributed by atoms with Gasteiger partial charge in [0.1, 0.15) is 5.25 Å². The van der Waals surface area contributed by atoms with Gasteiger partial charge < -0.3 is 21.2 Å². The molecule has 0 unspecified atom stereocenters. The summed E-state index contributed by atoms with van der Waals surface area (Å²) in [5, 5.41) is -0.404. The van der Waals surface area contributed by atoms with Crippen molar-refractivity contribution in [3.63, 3.8) is 0 Å². The van der Waals surface area contributed by atoms with Gasteiger partial charge in [-0.15, -0.1) is 0 Å². The average molecular weight is 393 g/mol. The Morgan fingerprint density at radius 2 is 1.77 bits per heavy atom. The number of nitrogens with one attached hydrogen (secondary N) is 1. The van der Waals surface area contributed by atoms with Crippen LogP contribution in [-0.2, 0) is 14.3 Å². The number of ether oxygens (including phenoxy) is 1. The lowest BCUT2D eigenvalue weighted by molar-refractivity contribution is -0.126. The van der Waals surface area contributed by atoms with E-state index in [1.165, 1.54) is 7.11 Å². The number of carbonyl (C=O) groups is 3. The fourth-order valence-corrected chi connectivity index (χ4v) is 5.45. The van der Waals surface area contributed by atoms with E-state index in [2.05, 4.69) is 9.72 Å². The number of hydrogen-bond donors (Lipinski definition) is 3. The number of aromatic nitrogens is 1. The first-order valence-corrected chi connectivity index (χ1v) is 9.19. The van der Waals surface area contributed by atoms with E-state index in [0.717, 1.165) is 23.1 Å². The first kappa shape index (κ1) is 18.2. The molecule has 8 nitrogen and oxygen atoms in total.